The van der Waals surface area contributed by atoms with Gasteiger partial charge < -0.3 is 47.1 Å². The maximum atomic E-state index is 12.9. The first kappa shape index (κ1) is 46.5. The minimum absolute atomic E-state index is 0.0223. The van der Waals surface area contributed by atoms with E-state index in [-0.39, 0.29) is 11.9 Å². The molecule has 0 amide bonds. The number of carbonyl (C=O) groups excluding carboxylic acids is 6. The van der Waals surface area contributed by atoms with Gasteiger partial charge in [-0.25, -0.2) is 0 Å². The molecule has 4 rings (SSSR count). The predicted octanol–water partition coefficient (Wildman–Crippen LogP) is 3.02. The highest BCUT2D eigenvalue weighted by Gasteiger charge is 2.65. The van der Waals surface area contributed by atoms with E-state index in [1.165, 1.54) is 0 Å². The Morgan fingerprint density at radius 2 is 1.10 bits per heavy atom. The Labute approximate surface area is 346 Å². The van der Waals surface area contributed by atoms with Crippen molar-refractivity contribution in [3.05, 3.63) is 60.7 Å². The monoisotopic (exact) mass is 894 g/mol. The van der Waals surface area contributed by atoms with Gasteiger partial charge >= 0.3 is 35.8 Å². The predicted molar refractivity (Wildman–Crippen MR) is 209 cm³/mol. The molecule has 9 atom stereocenters. The van der Waals surface area contributed by atoms with Crippen molar-refractivity contribution in [3.63, 3.8) is 0 Å². The summed E-state index contributed by atoms with van der Waals surface area (Å²) in [5.41, 5.74) is 0. The highest BCUT2D eigenvalue weighted by Crippen LogP contribution is 2.43. The molecule has 2 heterocycles. The van der Waals surface area contributed by atoms with E-state index in [4.69, 9.17) is 47.1 Å². The van der Waals surface area contributed by atoms with E-state index in [1.54, 1.807) is 0 Å². The molecule has 2 aliphatic heterocycles. The summed E-state index contributed by atoms with van der Waals surface area (Å²) in [6.45, 7) is 11.8. The number of halogens is 1. The quantitative estimate of drug-likeness (QED) is 0.110. The maximum Gasteiger partial charge on any atom is 0.303 e. The molecule has 0 radical (unpaired) electrons. The SMILES string of the molecule is CC(=O)OC[C@@]1(O[C@H]2O[C@H](CBr)[C@@H](OC(C)=O)[C@H](OC(C)=O)[C@H]2OC(C)=O)O[C@H](CO[Si](c2ccccc2)(c2ccccc2)C(C)(C)C)[C@@H](OC(C)=O)[C@@H]1OC(C)=O. The van der Waals surface area contributed by atoms with E-state index < -0.39 is 111 Å². The van der Waals surface area contributed by atoms with Gasteiger partial charge in [-0.1, -0.05) is 97.4 Å². The van der Waals surface area contributed by atoms with Crippen LogP contribution in [0, 0.1) is 0 Å². The smallest absolute Gasteiger partial charge is 0.303 e. The first-order valence-electron chi connectivity index (χ1n) is 18.6. The molecule has 0 saturated carbocycles. The van der Waals surface area contributed by atoms with Crippen LogP contribution in [0.1, 0.15) is 62.3 Å². The van der Waals surface area contributed by atoms with Gasteiger partial charge in [0, 0.05) is 46.9 Å². The van der Waals surface area contributed by atoms with Crippen molar-refractivity contribution in [1.82, 2.24) is 0 Å². The zero-order valence-electron chi connectivity index (χ0n) is 33.9. The lowest BCUT2D eigenvalue weighted by Gasteiger charge is -2.46. The number of hydrogen-bond acceptors (Lipinski definition) is 16. The van der Waals surface area contributed by atoms with Crippen LogP contribution >= 0.6 is 15.9 Å². The number of carbonyl (C=O) groups is 6. The molecule has 0 bridgehead atoms. The second-order valence-corrected chi connectivity index (χ2v) is 19.8. The summed E-state index contributed by atoms with van der Waals surface area (Å²) in [5, 5.41) is 1.32. The number of esters is 6. The normalized spacial score (nSPS) is 27.1. The van der Waals surface area contributed by atoms with E-state index >= 15 is 0 Å². The van der Waals surface area contributed by atoms with Crippen molar-refractivity contribution in [3.8, 4) is 0 Å². The molecule has 2 aliphatic rings. The third-order valence-corrected chi connectivity index (χ3v) is 15.0. The van der Waals surface area contributed by atoms with Crippen LogP contribution in [0.4, 0.5) is 0 Å². The largest absolute Gasteiger partial charge is 0.460 e. The van der Waals surface area contributed by atoms with Gasteiger partial charge in [0.05, 0.1) is 6.61 Å². The molecule has 58 heavy (non-hydrogen) atoms. The zero-order chi connectivity index (χ0) is 43.0. The number of alkyl halides is 1. The van der Waals surface area contributed by atoms with E-state index in [1.807, 2.05) is 60.7 Å². The summed E-state index contributed by atoms with van der Waals surface area (Å²) in [7, 11) is -3.29. The molecule has 16 nitrogen and oxygen atoms in total. The van der Waals surface area contributed by atoms with Crippen molar-refractivity contribution in [2.75, 3.05) is 18.5 Å². The molecular weight excluding hydrogens is 844 g/mol. The summed E-state index contributed by atoms with van der Waals surface area (Å²) in [6, 6.07) is 19.4. The molecule has 2 fully saturated rings. The highest BCUT2D eigenvalue weighted by molar-refractivity contribution is 9.09. The van der Waals surface area contributed by atoms with Gasteiger partial charge in [0.25, 0.3) is 8.32 Å². The Bertz CT molecular complexity index is 1730. The Hall–Kier alpha value is -4.20. The molecule has 2 aromatic carbocycles. The fourth-order valence-electron chi connectivity index (χ4n) is 7.32. The van der Waals surface area contributed by atoms with Crippen LogP contribution in [0.2, 0.25) is 5.04 Å². The maximum absolute atomic E-state index is 12.9. The van der Waals surface area contributed by atoms with Crippen molar-refractivity contribution < 1.29 is 75.8 Å². The van der Waals surface area contributed by atoms with E-state index in [9.17, 15) is 28.8 Å². The molecule has 0 unspecified atom stereocenters. The Balaban J connectivity index is 1.91. The topological polar surface area (TPSA) is 195 Å². The van der Waals surface area contributed by atoms with Crippen LogP contribution in [0.15, 0.2) is 60.7 Å². The van der Waals surface area contributed by atoms with Gasteiger partial charge in [-0.3, -0.25) is 28.8 Å². The number of benzene rings is 2. The minimum atomic E-state index is -3.29. The summed E-state index contributed by atoms with van der Waals surface area (Å²) in [4.78, 5) is 75.4. The molecule has 0 aromatic heterocycles. The third-order valence-electron chi connectivity index (χ3n) is 9.37. The van der Waals surface area contributed by atoms with Crippen molar-refractivity contribution >= 4 is 70.4 Å². The van der Waals surface area contributed by atoms with Gasteiger partial charge in [-0.15, -0.1) is 0 Å². The Morgan fingerprint density at radius 3 is 1.55 bits per heavy atom. The average Bonchev–Trinajstić information content (AvgIpc) is 3.39. The molecule has 2 aromatic rings. The zero-order valence-corrected chi connectivity index (χ0v) is 36.5. The molecule has 0 N–H and O–H groups in total. The first-order valence-corrected chi connectivity index (χ1v) is 21.6. The molecular formula is C40H51BrO16Si. The minimum Gasteiger partial charge on any atom is -0.460 e. The first-order chi connectivity index (χ1) is 27.2. The molecule has 18 heteroatoms. The summed E-state index contributed by atoms with van der Waals surface area (Å²) < 4.78 is 60.4. The van der Waals surface area contributed by atoms with E-state index in [0.717, 1.165) is 51.9 Å². The van der Waals surface area contributed by atoms with Crippen LogP contribution < -0.4 is 10.4 Å². The highest BCUT2D eigenvalue weighted by atomic mass is 79.9. The Kier molecular flexibility index (Phi) is 15.8. The van der Waals surface area contributed by atoms with Gasteiger partial charge in [0.2, 0.25) is 12.1 Å². The van der Waals surface area contributed by atoms with Gasteiger partial charge in [0.1, 0.15) is 18.8 Å². The standard InChI is InChI=1S/C40H51BrO16Si/c1-23(42)48-22-40(57-38-36(53-27(5)46)35(52-26(4)45)33(50-24(2)43)31(20-41)55-38)37(54-28(6)47)34(51-25(3)44)32(56-40)21-49-58(39(7,8)9,29-16-12-10-13-17-29)30-18-14-11-15-19-30/h10-19,31-38H,20-22H2,1-9H3/t31-,32-,33-,34-,35+,36-,37+,38-,40+/m1/s1. The van der Waals surface area contributed by atoms with Gasteiger partial charge in [-0.05, 0) is 15.4 Å². The summed E-state index contributed by atoms with van der Waals surface area (Å²) >= 11 is 3.33. The molecule has 318 valence electrons. The van der Waals surface area contributed by atoms with E-state index in [0.29, 0.717) is 0 Å². The number of hydrogen-bond donors (Lipinski definition) is 0. The molecule has 2 saturated heterocycles. The van der Waals surface area contributed by atoms with Crippen molar-refractivity contribution in [2.24, 2.45) is 0 Å². The van der Waals surface area contributed by atoms with Gasteiger partial charge in [0.15, 0.2) is 30.5 Å². The van der Waals surface area contributed by atoms with Crippen molar-refractivity contribution in [2.45, 2.75) is 122 Å². The van der Waals surface area contributed by atoms with Crippen LogP contribution in [-0.2, 0) is 75.8 Å². The third kappa shape index (κ3) is 10.9. The Morgan fingerprint density at radius 1 is 0.638 bits per heavy atom. The average molecular weight is 896 g/mol. The summed E-state index contributed by atoms with van der Waals surface area (Å²) in [5.74, 6) is -7.26. The number of ether oxygens (including phenoxy) is 9. The summed E-state index contributed by atoms with van der Waals surface area (Å²) in [6.07, 6.45) is -11.7. The van der Waals surface area contributed by atoms with Crippen LogP contribution in [0.25, 0.3) is 0 Å². The molecule has 0 spiro atoms. The van der Waals surface area contributed by atoms with Crippen LogP contribution in [0.3, 0.4) is 0 Å². The second kappa shape index (κ2) is 19.7. The van der Waals surface area contributed by atoms with Crippen LogP contribution in [-0.4, -0.2) is 117 Å². The van der Waals surface area contributed by atoms with E-state index in [2.05, 4.69) is 36.7 Å². The lowest BCUT2D eigenvalue weighted by Crippen LogP contribution is -2.67. The fraction of sp³-hybridized carbons (Fsp3) is 0.550. The molecule has 0 aliphatic carbocycles. The fourth-order valence-corrected chi connectivity index (χ4v) is 12.4. The van der Waals surface area contributed by atoms with Crippen LogP contribution in [0.5, 0.6) is 0 Å². The van der Waals surface area contributed by atoms with Gasteiger partial charge in [-0.2, -0.15) is 0 Å². The lowest BCUT2D eigenvalue weighted by atomic mass is 9.98. The van der Waals surface area contributed by atoms with Crippen molar-refractivity contribution in [1.29, 1.82) is 0 Å². The lowest BCUT2D eigenvalue weighted by molar-refractivity contribution is -0.380. The second-order valence-electron chi connectivity index (χ2n) is 14.9. The number of rotatable bonds is 15.